The largest absolute Gasteiger partial charge is 0.507 e. The van der Waals surface area contributed by atoms with E-state index in [1.807, 2.05) is 30.6 Å². The van der Waals surface area contributed by atoms with Crippen LogP contribution in [0.15, 0.2) is 42.7 Å². The predicted octanol–water partition coefficient (Wildman–Crippen LogP) is 3.31. The molecule has 12 heteroatoms. The van der Waals surface area contributed by atoms with Crippen LogP contribution in [0.4, 0.5) is 23.1 Å². The first-order chi connectivity index (χ1) is 21.9. The highest BCUT2D eigenvalue weighted by atomic mass is 16.4. The average Bonchev–Trinajstić information content (AvgIpc) is 3.07. The van der Waals surface area contributed by atoms with Gasteiger partial charge in [-0.25, -0.2) is 9.97 Å². The number of phenolic OH excluding ortho intramolecular Hbond substituents is 1. The molecule has 3 aliphatic heterocycles. The van der Waals surface area contributed by atoms with E-state index in [2.05, 4.69) is 35.1 Å². The number of aromatic nitrogens is 4. The summed E-state index contributed by atoms with van der Waals surface area (Å²) in [5.74, 6) is 1.01. The van der Waals surface area contributed by atoms with Gasteiger partial charge in [0.1, 0.15) is 5.75 Å². The Morgan fingerprint density at radius 2 is 1.64 bits per heavy atom. The maximum absolute atomic E-state index is 11.3. The first kappa shape index (κ1) is 28.3. The average molecular weight is 612 g/mol. The number of anilines is 4. The molecule has 8 rings (SSSR count). The third kappa shape index (κ3) is 5.28. The summed E-state index contributed by atoms with van der Waals surface area (Å²) >= 11 is 0. The molecular formula is C33H41N9O3. The van der Waals surface area contributed by atoms with E-state index in [-0.39, 0.29) is 17.7 Å². The number of aromatic hydroxyl groups is 1. The molecule has 3 aromatic rings. The molecule has 5 aliphatic rings. The van der Waals surface area contributed by atoms with Crippen LogP contribution >= 0.6 is 0 Å². The predicted molar refractivity (Wildman–Crippen MR) is 172 cm³/mol. The monoisotopic (exact) mass is 611 g/mol. The fraction of sp³-hybridized carbons (Fsp3) is 0.545. The molecule has 1 aromatic carbocycles. The Kier molecular flexibility index (Phi) is 7.11. The Labute approximate surface area is 263 Å². The Balaban J connectivity index is 0.851. The van der Waals surface area contributed by atoms with E-state index in [1.54, 1.807) is 12.1 Å². The van der Waals surface area contributed by atoms with Crippen LogP contribution in [0.5, 0.6) is 5.75 Å². The Morgan fingerprint density at radius 3 is 2.38 bits per heavy atom. The number of para-hydroxylation sites is 1. The Morgan fingerprint density at radius 1 is 0.911 bits per heavy atom. The van der Waals surface area contributed by atoms with Crippen LogP contribution in [0.3, 0.4) is 0 Å². The van der Waals surface area contributed by atoms with Crippen LogP contribution in [0.1, 0.15) is 38.5 Å². The molecular weight excluding hydrogens is 570 g/mol. The molecule has 1 atom stereocenters. The molecule has 0 bridgehead atoms. The van der Waals surface area contributed by atoms with Gasteiger partial charge in [0.05, 0.1) is 41.4 Å². The molecule has 2 aromatic heterocycles. The number of carboxylic acids is 1. The smallest absolute Gasteiger partial charge is 0.306 e. The lowest BCUT2D eigenvalue weighted by Crippen LogP contribution is -2.58. The second-order valence-electron chi connectivity index (χ2n) is 13.6. The highest BCUT2D eigenvalue weighted by Gasteiger charge is 2.49. The van der Waals surface area contributed by atoms with Crippen molar-refractivity contribution in [3.05, 3.63) is 42.7 Å². The number of nitrogens with zero attached hydrogens (tertiary/aromatic N) is 8. The molecule has 4 fully saturated rings. The molecule has 12 nitrogen and oxygen atoms in total. The lowest BCUT2D eigenvalue weighted by atomic mass is 9.56. The van der Waals surface area contributed by atoms with Gasteiger partial charge in [0, 0.05) is 64.0 Å². The second kappa shape index (κ2) is 11.3. The standard InChI is InChI=1S/C33H41N9O3/c43-29-4-2-1-3-26(29)27-15-28-30(38-37-27)34-20-25-21-41(13-14-42(25)28)32-35-18-24(19-36-32)40-11-9-39(10-12-40)23-16-33(17-23)7-5-22(6-8-33)31(44)45/h1-4,15,18-19,22-23,25,43H,5-14,16-17,20-21H2,(H,34,38)(H,44,45)/t22-,23-,25-,33?/m0/s1. The Hall–Kier alpha value is -4.19. The molecule has 0 amide bonds. The van der Waals surface area contributed by atoms with Gasteiger partial charge in [0.2, 0.25) is 5.95 Å². The van der Waals surface area contributed by atoms with E-state index < -0.39 is 5.97 Å². The number of aliphatic carboxylic acids is 1. The van der Waals surface area contributed by atoms with Crippen LogP contribution < -0.4 is 20.0 Å². The highest BCUT2D eigenvalue weighted by molar-refractivity contribution is 5.76. The van der Waals surface area contributed by atoms with Crippen LogP contribution in [0.2, 0.25) is 0 Å². The topological polar surface area (TPSA) is 134 Å². The van der Waals surface area contributed by atoms with Crippen molar-refractivity contribution in [2.75, 3.05) is 72.4 Å². The van der Waals surface area contributed by atoms with Crippen molar-refractivity contribution in [2.24, 2.45) is 11.3 Å². The number of phenols is 1. The zero-order valence-corrected chi connectivity index (χ0v) is 25.6. The number of nitrogens with one attached hydrogen (secondary N) is 1. The molecule has 0 unspecified atom stereocenters. The maximum Gasteiger partial charge on any atom is 0.306 e. The highest BCUT2D eigenvalue weighted by Crippen LogP contribution is 2.54. The number of benzene rings is 1. The first-order valence-corrected chi connectivity index (χ1v) is 16.4. The van der Waals surface area contributed by atoms with E-state index in [0.29, 0.717) is 22.7 Å². The molecule has 5 heterocycles. The van der Waals surface area contributed by atoms with Gasteiger partial charge in [0.25, 0.3) is 0 Å². The Bertz CT molecular complexity index is 1550. The lowest BCUT2D eigenvalue weighted by Gasteiger charge is -2.55. The minimum absolute atomic E-state index is 0.126. The summed E-state index contributed by atoms with van der Waals surface area (Å²) in [6.07, 6.45) is 10.3. The maximum atomic E-state index is 11.3. The molecule has 1 spiro atoms. The molecule has 2 saturated heterocycles. The van der Waals surface area contributed by atoms with E-state index in [9.17, 15) is 15.0 Å². The fourth-order valence-corrected chi connectivity index (χ4v) is 8.36. The number of carboxylic acid groups (broad SMARTS) is 1. The number of carbonyl (C=O) groups is 1. The van der Waals surface area contributed by atoms with Gasteiger partial charge in [-0.15, -0.1) is 10.2 Å². The van der Waals surface area contributed by atoms with Gasteiger partial charge in [0.15, 0.2) is 5.82 Å². The zero-order chi connectivity index (χ0) is 30.5. The van der Waals surface area contributed by atoms with Crippen LogP contribution in [-0.2, 0) is 4.79 Å². The second-order valence-corrected chi connectivity index (χ2v) is 13.6. The van der Waals surface area contributed by atoms with Gasteiger partial charge >= 0.3 is 5.97 Å². The van der Waals surface area contributed by atoms with Gasteiger partial charge in [-0.3, -0.25) is 9.69 Å². The molecule has 3 N–H and O–H groups in total. The van der Waals surface area contributed by atoms with E-state index in [1.165, 1.54) is 12.8 Å². The van der Waals surface area contributed by atoms with Crippen molar-refractivity contribution in [2.45, 2.75) is 50.6 Å². The van der Waals surface area contributed by atoms with Crippen LogP contribution in [-0.4, -0.2) is 106 Å². The molecule has 2 aliphatic carbocycles. The first-order valence-electron chi connectivity index (χ1n) is 16.4. The number of rotatable bonds is 5. The summed E-state index contributed by atoms with van der Waals surface area (Å²) in [5.41, 5.74) is 3.84. The van der Waals surface area contributed by atoms with E-state index in [0.717, 1.165) is 101 Å². The summed E-state index contributed by atoms with van der Waals surface area (Å²) in [6.45, 7) is 7.25. The fourth-order valence-electron chi connectivity index (χ4n) is 8.36. The van der Waals surface area contributed by atoms with Gasteiger partial charge in [-0.2, -0.15) is 0 Å². The zero-order valence-electron chi connectivity index (χ0n) is 25.6. The summed E-state index contributed by atoms with van der Waals surface area (Å²) in [4.78, 5) is 30.7. The van der Waals surface area contributed by atoms with Crippen molar-refractivity contribution >= 4 is 29.1 Å². The van der Waals surface area contributed by atoms with Crippen molar-refractivity contribution in [1.29, 1.82) is 0 Å². The van der Waals surface area contributed by atoms with Gasteiger partial charge in [-0.1, -0.05) is 12.1 Å². The number of fused-ring (bicyclic) bond motifs is 3. The van der Waals surface area contributed by atoms with E-state index >= 15 is 0 Å². The normalized spacial score (nSPS) is 28.2. The van der Waals surface area contributed by atoms with Crippen LogP contribution in [0, 0.1) is 11.3 Å². The number of piperazine rings is 2. The molecule has 236 valence electrons. The summed E-state index contributed by atoms with van der Waals surface area (Å²) in [5, 5.41) is 31.9. The van der Waals surface area contributed by atoms with Crippen molar-refractivity contribution < 1.29 is 15.0 Å². The summed E-state index contributed by atoms with van der Waals surface area (Å²) in [7, 11) is 0. The van der Waals surface area contributed by atoms with Gasteiger partial charge in [-0.05, 0) is 62.1 Å². The molecule has 45 heavy (non-hydrogen) atoms. The summed E-state index contributed by atoms with van der Waals surface area (Å²) < 4.78 is 0. The minimum atomic E-state index is -0.610. The third-order valence-corrected chi connectivity index (χ3v) is 11.1. The molecule has 2 saturated carbocycles. The minimum Gasteiger partial charge on any atom is -0.507 e. The lowest BCUT2D eigenvalue weighted by molar-refractivity contribution is -0.145. The molecule has 0 radical (unpaired) electrons. The number of hydrogen-bond donors (Lipinski definition) is 3. The third-order valence-electron chi connectivity index (χ3n) is 11.1. The summed E-state index contributed by atoms with van der Waals surface area (Å²) in [6, 6.07) is 10.1. The SMILES string of the molecule is O=C(O)[C@H]1CCC2(CC1)C[C@H](N1CCN(c3cnc(N4CCN5c6cc(-c7ccccc7O)nnc6NC[C@H]5C4)nc3)CC1)C2. The van der Waals surface area contributed by atoms with Gasteiger partial charge < -0.3 is 30.2 Å². The van der Waals surface area contributed by atoms with Crippen LogP contribution in [0.25, 0.3) is 11.3 Å². The van der Waals surface area contributed by atoms with Crippen molar-refractivity contribution in [1.82, 2.24) is 25.1 Å². The quantitative estimate of drug-likeness (QED) is 0.391. The number of hydrogen-bond acceptors (Lipinski definition) is 11. The van der Waals surface area contributed by atoms with Crippen molar-refractivity contribution in [3.63, 3.8) is 0 Å². The van der Waals surface area contributed by atoms with Crippen molar-refractivity contribution in [3.8, 4) is 17.0 Å². The van der Waals surface area contributed by atoms with E-state index in [4.69, 9.17) is 9.97 Å².